The summed E-state index contributed by atoms with van der Waals surface area (Å²) in [6.45, 7) is 0.739. The third-order valence-electron chi connectivity index (χ3n) is 5.81. The van der Waals surface area contributed by atoms with Crippen molar-refractivity contribution in [3.63, 3.8) is 0 Å². The fraction of sp³-hybridized carbons (Fsp3) is 0.333. The molecule has 0 saturated carbocycles. The Balaban J connectivity index is 0.000000202. The number of aromatic nitrogens is 6. The van der Waals surface area contributed by atoms with E-state index in [2.05, 4.69) is 20.4 Å². The van der Waals surface area contributed by atoms with Crippen molar-refractivity contribution in [1.82, 2.24) is 34.7 Å². The third-order valence-corrected chi connectivity index (χ3v) is 5.81. The minimum Gasteiger partial charge on any atom is -0.468 e. The van der Waals surface area contributed by atoms with Gasteiger partial charge in [-0.3, -0.25) is 9.59 Å². The lowest BCUT2D eigenvalue weighted by atomic mass is 10.1. The summed E-state index contributed by atoms with van der Waals surface area (Å²) in [5.74, 6) is -0.276. The van der Waals surface area contributed by atoms with Crippen molar-refractivity contribution in [3.05, 3.63) is 53.9 Å². The van der Waals surface area contributed by atoms with Crippen LogP contribution in [0.25, 0.3) is 22.3 Å². The van der Waals surface area contributed by atoms with E-state index in [1.807, 2.05) is 0 Å². The number of hydrogen-bond acceptors (Lipinski definition) is 8. The minimum absolute atomic E-state index is 0.118. The molecule has 0 fully saturated rings. The number of nitrogens with zero attached hydrogens (tertiary/aromatic N) is 7. The highest BCUT2D eigenvalue weighted by atomic mass is 19.4. The quantitative estimate of drug-likeness (QED) is 0.355. The van der Waals surface area contributed by atoms with Gasteiger partial charge in [-0.15, -0.1) is 10.2 Å². The average Bonchev–Trinajstić information content (AvgIpc) is 3.51. The molecule has 0 atom stereocenters. The van der Waals surface area contributed by atoms with Crippen molar-refractivity contribution < 1.29 is 27.5 Å². The van der Waals surface area contributed by atoms with Crippen LogP contribution in [0.5, 0.6) is 5.88 Å². The number of nitrogens with two attached hydrogens (primary N) is 2. The Hall–Kier alpha value is -4.53. The zero-order chi connectivity index (χ0) is 28.2. The van der Waals surface area contributed by atoms with Gasteiger partial charge < -0.3 is 25.7 Å². The van der Waals surface area contributed by atoms with Crippen LogP contribution in [-0.2, 0) is 13.6 Å². The van der Waals surface area contributed by atoms with Gasteiger partial charge in [0.1, 0.15) is 5.69 Å². The SMILES string of the molecule is Cn1nnc(-c2cccc(C(N)=O)c2)n1.NCCCN1CCn2c(cc3c(OCC(F)(F)F)nccc32)C1=O. The maximum atomic E-state index is 12.5. The highest BCUT2D eigenvalue weighted by molar-refractivity contribution is 6.00. The Bertz CT molecular complexity index is 1480. The summed E-state index contributed by atoms with van der Waals surface area (Å²) >= 11 is 0. The summed E-state index contributed by atoms with van der Waals surface area (Å²) in [5, 5.41) is 12.0. The van der Waals surface area contributed by atoms with Crippen LogP contribution in [0.1, 0.15) is 27.3 Å². The van der Waals surface area contributed by atoms with E-state index in [9.17, 15) is 22.8 Å². The fourth-order valence-electron chi connectivity index (χ4n) is 4.03. The Morgan fingerprint density at radius 1 is 1.18 bits per heavy atom. The van der Waals surface area contributed by atoms with Crippen molar-refractivity contribution in [2.75, 3.05) is 26.2 Å². The molecule has 15 heteroatoms. The van der Waals surface area contributed by atoms with Crippen LogP contribution in [-0.4, -0.2) is 78.9 Å². The Kier molecular flexibility index (Phi) is 8.09. The lowest BCUT2D eigenvalue weighted by Crippen LogP contribution is -2.40. The summed E-state index contributed by atoms with van der Waals surface area (Å²) in [6.07, 6.45) is -2.36. The van der Waals surface area contributed by atoms with E-state index in [0.717, 1.165) is 5.56 Å². The predicted molar refractivity (Wildman–Crippen MR) is 134 cm³/mol. The summed E-state index contributed by atoms with van der Waals surface area (Å²) in [4.78, 5) is 30.4. The first-order valence-corrected chi connectivity index (χ1v) is 11.9. The van der Waals surface area contributed by atoms with E-state index in [0.29, 0.717) is 60.6 Å². The molecule has 4 heterocycles. The van der Waals surface area contributed by atoms with Gasteiger partial charge in [0.05, 0.1) is 18.0 Å². The molecular formula is C24H26F3N9O3. The number of halogens is 3. The second-order valence-electron chi connectivity index (χ2n) is 8.62. The minimum atomic E-state index is -4.45. The van der Waals surface area contributed by atoms with E-state index < -0.39 is 18.7 Å². The first-order chi connectivity index (χ1) is 18.6. The number of benzene rings is 1. The number of ether oxygens (including phenoxy) is 1. The number of carbonyl (C=O) groups excluding carboxylic acids is 2. The summed E-state index contributed by atoms with van der Waals surface area (Å²) < 4.78 is 43.7. The van der Waals surface area contributed by atoms with Crippen LogP contribution in [0.2, 0.25) is 0 Å². The molecule has 1 aliphatic heterocycles. The monoisotopic (exact) mass is 545 g/mol. The van der Waals surface area contributed by atoms with Crippen LogP contribution in [0.15, 0.2) is 42.6 Å². The predicted octanol–water partition coefficient (Wildman–Crippen LogP) is 1.76. The molecular weight excluding hydrogens is 519 g/mol. The molecule has 4 N–H and O–H groups in total. The second kappa shape index (κ2) is 11.5. The van der Waals surface area contributed by atoms with Gasteiger partial charge in [-0.2, -0.15) is 18.0 Å². The van der Waals surface area contributed by atoms with Gasteiger partial charge in [-0.25, -0.2) is 4.98 Å². The van der Waals surface area contributed by atoms with Crippen LogP contribution >= 0.6 is 0 Å². The number of tetrazole rings is 1. The zero-order valence-electron chi connectivity index (χ0n) is 20.9. The molecule has 12 nitrogen and oxygen atoms in total. The second-order valence-corrected chi connectivity index (χ2v) is 8.62. The molecule has 0 unspecified atom stereocenters. The van der Waals surface area contributed by atoms with Crippen LogP contribution in [0, 0.1) is 0 Å². The molecule has 206 valence electrons. The zero-order valence-corrected chi connectivity index (χ0v) is 20.9. The molecule has 1 aromatic carbocycles. The van der Waals surface area contributed by atoms with E-state index in [1.54, 1.807) is 52.9 Å². The van der Waals surface area contributed by atoms with Crippen molar-refractivity contribution in [3.8, 4) is 17.3 Å². The van der Waals surface area contributed by atoms with E-state index >= 15 is 0 Å². The van der Waals surface area contributed by atoms with Gasteiger partial charge in [0.2, 0.25) is 17.6 Å². The molecule has 0 spiro atoms. The topological polar surface area (TPSA) is 160 Å². The van der Waals surface area contributed by atoms with Gasteiger partial charge >= 0.3 is 6.18 Å². The number of aryl methyl sites for hydroxylation is 1. The van der Waals surface area contributed by atoms with Crippen LogP contribution in [0.4, 0.5) is 13.2 Å². The van der Waals surface area contributed by atoms with E-state index in [-0.39, 0.29) is 11.8 Å². The largest absolute Gasteiger partial charge is 0.468 e. The fourth-order valence-corrected chi connectivity index (χ4v) is 4.03. The molecule has 0 aliphatic carbocycles. The van der Waals surface area contributed by atoms with Crippen molar-refractivity contribution in [2.24, 2.45) is 18.5 Å². The number of rotatable bonds is 7. The number of pyridine rings is 1. The number of carbonyl (C=O) groups is 2. The standard InChI is InChI=1S/C15H17F3N4O2.C9H9N5O/c16-15(17,18)9-24-13-10-8-12-14(23)21(5-1-3-19)6-7-22(12)11(10)2-4-20-13;1-14-12-9(11-13-14)7-4-2-3-6(5-7)8(10)15/h2,4,8H,1,3,5-7,9,19H2;2-5H,1H3,(H2,10,15). The first kappa shape index (κ1) is 27.5. The number of amides is 2. The molecule has 2 amide bonds. The third kappa shape index (κ3) is 6.49. The molecule has 3 aromatic heterocycles. The lowest BCUT2D eigenvalue weighted by molar-refractivity contribution is -0.153. The van der Waals surface area contributed by atoms with Gasteiger partial charge in [0.15, 0.2) is 6.61 Å². The van der Waals surface area contributed by atoms with Gasteiger partial charge in [-0.1, -0.05) is 12.1 Å². The maximum Gasteiger partial charge on any atom is 0.422 e. The molecule has 39 heavy (non-hydrogen) atoms. The number of hydrogen-bond donors (Lipinski definition) is 2. The number of fused-ring (bicyclic) bond motifs is 3. The van der Waals surface area contributed by atoms with E-state index in [4.69, 9.17) is 16.2 Å². The molecule has 1 aliphatic rings. The Morgan fingerprint density at radius 2 is 1.97 bits per heavy atom. The molecule has 0 radical (unpaired) electrons. The highest BCUT2D eigenvalue weighted by Gasteiger charge is 2.30. The highest BCUT2D eigenvalue weighted by Crippen LogP contribution is 2.30. The van der Waals surface area contributed by atoms with Crippen LogP contribution < -0.4 is 16.2 Å². The smallest absolute Gasteiger partial charge is 0.422 e. The van der Waals surface area contributed by atoms with E-state index in [1.165, 1.54) is 11.0 Å². The molecule has 0 saturated heterocycles. The summed E-state index contributed by atoms with van der Waals surface area (Å²) in [5.41, 5.74) is 12.9. The summed E-state index contributed by atoms with van der Waals surface area (Å²) in [7, 11) is 1.68. The van der Waals surface area contributed by atoms with Crippen LogP contribution in [0.3, 0.4) is 0 Å². The van der Waals surface area contributed by atoms with Crippen molar-refractivity contribution in [1.29, 1.82) is 0 Å². The molecule has 4 aromatic rings. The number of alkyl halides is 3. The summed E-state index contributed by atoms with van der Waals surface area (Å²) in [6, 6.07) is 10.0. The van der Waals surface area contributed by atoms with Crippen molar-refractivity contribution >= 4 is 22.7 Å². The van der Waals surface area contributed by atoms with Gasteiger partial charge in [0.25, 0.3) is 5.91 Å². The Labute approximate surface area is 220 Å². The number of primary amides is 1. The Morgan fingerprint density at radius 3 is 2.64 bits per heavy atom. The molecule has 5 rings (SSSR count). The first-order valence-electron chi connectivity index (χ1n) is 11.9. The average molecular weight is 546 g/mol. The molecule has 0 bridgehead atoms. The maximum absolute atomic E-state index is 12.5. The lowest BCUT2D eigenvalue weighted by Gasteiger charge is -2.28. The van der Waals surface area contributed by atoms with Gasteiger partial charge in [-0.05, 0) is 42.4 Å². The van der Waals surface area contributed by atoms with Gasteiger partial charge in [0, 0.05) is 37.0 Å². The normalized spacial score (nSPS) is 13.2. The van der Waals surface area contributed by atoms with Crippen molar-refractivity contribution in [2.45, 2.75) is 19.1 Å².